The minimum absolute atomic E-state index is 0.137. The van der Waals surface area contributed by atoms with E-state index < -0.39 is 16.1 Å². The molecule has 0 saturated carbocycles. The van der Waals surface area contributed by atoms with Crippen molar-refractivity contribution in [3.8, 4) is 5.75 Å². The zero-order chi connectivity index (χ0) is 20.6. The van der Waals surface area contributed by atoms with Crippen molar-refractivity contribution in [2.75, 3.05) is 38.2 Å². The first-order valence-corrected chi connectivity index (χ1v) is 11.6. The topological polar surface area (TPSA) is 88.4 Å². The Morgan fingerprint density at radius 1 is 1.10 bits per heavy atom. The maximum absolute atomic E-state index is 13.0. The molecule has 1 atom stereocenters. The van der Waals surface area contributed by atoms with Gasteiger partial charge in [-0.3, -0.25) is 9.59 Å². The first kappa shape index (κ1) is 20.0. The van der Waals surface area contributed by atoms with Crippen molar-refractivity contribution in [3.63, 3.8) is 0 Å². The highest BCUT2D eigenvalue weighted by Crippen LogP contribution is 2.25. The molecule has 1 aromatic heterocycles. The SMILES string of the molecule is COc1ccc(N2C(=O)C[C@@H]([NH+]3CCN(S(=O)(=O)c4cccs4)CC3)C2=O)cc1. The molecular weight excluding hydrogens is 414 g/mol. The number of thiophene rings is 1. The van der Waals surface area contributed by atoms with Gasteiger partial charge in [0.2, 0.25) is 5.91 Å². The van der Waals surface area contributed by atoms with E-state index in [2.05, 4.69) is 0 Å². The van der Waals surface area contributed by atoms with Gasteiger partial charge in [0.25, 0.3) is 15.9 Å². The van der Waals surface area contributed by atoms with Gasteiger partial charge < -0.3 is 9.64 Å². The molecule has 2 aliphatic heterocycles. The van der Waals surface area contributed by atoms with Gasteiger partial charge >= 0.3 is 0 Å². The van der Waals surface area contributed by atoms with Gasteiger partial charge in [-0.15, -0.1) is 11.3 Å². The molecule has 0 aliphatic carbocycles. The van der Waals surface area contributed by atoms with E-state index in [-0.39, 0.29) is 18.2 Å². The number of carbonyl (C=O) groups excluding carboxylic acids is 2. The fourth-order valence-corrected chi connectivity index (χ4v) is 6.44. The number of anilines is 1. The van der Waals surface area contributed by atoms with Crippen LogP contribution in [0.15, 0.2) is 46.0 Å². The van der Waals surface area contributed by atoms with E-state index in [0.717, 1.165) is 4.90 Å². The number of quaternary nitrogens is 1. The number of imide groups is 1. The van der Waals surface area contributed by atoms with E-state index in [1.807, 2.05) is 0 Å². The number of hydrogen-bond donors (Lipinski definition) is 1. The van der Waals surface area contributed by atoms with Gasteiger partial charge in [0.15, 0.2) is 6.04 Å². The van der Waals surface area contributed by atoms with E-state index in [1.165, 1.54) is 20.5 Å². The average molecular weight is 437 g/mol. The number of methoxy groups -OCH3 is 1. The molecule has 2 amide bonds. The van der Waals surface area contributed by atoms with Crippen molar-refractivity contribution in [3.05, 3.63) is 41.8 Å². The van der Waals surface area contributed by atoms with Gasteiger partial charge in [-0.2, -0.15) is 4.31 Å². The minimum atomic E-state index is -3.49. The Morgan fingerprint density at radius 3 is 2.38 bits per heavy atom. The maximum Gasteiger partial charge on any atom is 0.292 e. The van der Waals surface area contributed by atoms with Gasteiger partial charge in [0, 0.05) is 0 Å². The molecule has 2 fully saturated rings. The molecule has 0 radical (unpaired) electrons. The zero-order valence-corrected chi connectivity index (χ0v) is 17.5. The van der Waals surface area contributed by atoms with Crippen LogP contribution in [0, 0.1) is 0 Å². The highest BCUT2D eigenvalue weighted by molar-refractivity contribution is 7.91. The summed E-state index contributed by atoms with van der Waals surface area (Å²) in [5, 5.41) is 1.74. The van der Waals surface area contributed by atoms with E-state index in [9.17, 15) is 18.0 Å². The molecule has 0 spiro atoms. The fourth-order valence-electron chi connectivity index (χ4n) is 3.85. The van der Waals surface area contributed by atoms with Crippen molar-refractivity contribution in [1.82, 2.24) is 4.31 Å². The molecule has 0 unspecified atom stereocenters. The quantitative estimate of drug-likeness (QED) is 0.666. The highest BCUT2D eigenvalue weighted by atomic mass is 32.2. The summed E-state index contributed by atoms with van der Waals surface area (Å²) in [6, 6.07) is 9.65. The summed E-state index contributed by atoms with van der Waals surface area (Å²) in [7, 11) is -1.93. The number of nitrogens with zero attached hydrogens (tertiary/aromatic N) is 2. The number of sulfonamides is 1. The van der Waals surface area contributed by atoms with Gasteiger partial charge in [-0.25, -0.2) is 13.3 Å². The van der Waals surface area contributed by atoms with Crippen molar-refractivity contribution >= 4 is 38.9 Å². The third-order valence-corrected chi connectivity index (χ3v) is 8.70. The molecule has 2 aliphatic rings. The van der Waals surface area contributed by atoms with Gasteiger partial charge in [0.05, 0.1) is 45.4 Å². The third kappa shape index (κ3) is 3.68. The number of piperazine rings is 1. The fraction of sp³-hybridized carbons (Fsp3) is 0.368. The van der Waals surface area contributed by atoms with E-state index in [0.29, 0.717) is 41.8 Å². The van der Waals surface area contributed by atoms with Crippen LogP contribution in [0.25, 0.3) is 0 Å². The number of ether oxygens (including phenoxy) is 1. The Kier molecular flexibility index (Phi) is 5.43. The summed E-state index contributed by atoms with van der Waals surface area (Å²) in [5.74, 6) is 0.189. The predicted octanol–water partition coefficient (Wildman–Crippen LogP) is -0.0220. The first-order chi connectivity index (χ1) is 13.9. The molecule has 4 rings (SSSR count). The molecule has 8 nitrogen and oxygen atoms in total. The maximum atomic E-state index is 13.0. The van der Waals surface area contributed by atoms with E-state index in [4.69, 9.17) is 4.74 Å². The standard InChI is InChI=1S/C19H21N3O5S2/c1-27-15-6-4-14(5-7-15)22-17(23)13-16(19(22)24)20-8-10-21(11-9-20)29(25,26)18-3-2-12-28-18/h2-7,12,16H,8-11,13H2,1H3/p+1/t16-/m1/s1. The van der Waals surface area contributed by atoms with Crippen LogP contribution >= 0.6 is 11.3 Å². The van der Waals surface area contributed by atoms with Crippen LogP contribution in [0.2, 0.25) is 0 Å². The number of hydrogen-bond acceptors (Lipinski definition) is 6. The normalized spacial score (nSPS) is 21.7. The summed E-state index contributed by atoms with van der Waals surface area (Å²) < 4.78 is 32.3. The molecule has 0 bridgehead atoms. The summed E-state index contributed by atoms with van der Waals surface area (Å²) in [4.78, 5) is 27.7. The molecule has 29 heavy (non-hydrogen) atoms. The van der Waals surface area contributed by atoms with Gasteiger partial charge in [-0.05, 0) is 35.7 Å². The van der Waals surface area contributed by atoms with Crippen molar-refractivity contribution in [2.45, 2.75) is 16.7 Å². The van der Waals surface area contributed by atoms with Crippen LogP contribution in [-0.2, 0) is 19.6 Å². The molecule has 154 valence electrons. The second-order valence-corrected chi connectivity index (χ2v) is 10.1. The second-order valence-electron chi connectivity index (χ2n) is 7.02. The predicted molar refractivity (Wildman–Crippen MR) is 108 cm³/mol. The number of benzene rings is 1. The molecule has 2 saturated heterocycles. The Bertz CT molecular complexity index is 997. The van der Waals surface area contributed by atoms with Crippen molar-refractivity contribution in [1.29, 1.82) is 0 Å². The third-order valence-electron chi connectivity index (χ3n) is 5.42. The van der Waals surface area contributed by atoms with Crippen LogP contribution in [0.4, 0.5) is 5.69 Å². The number of rotatable bonds is 5. The first-order valence-electron chi connectivity index (χ1n) is 9.31. The number of amides is 2. The van der Waals surface area contributed by atoms with E-state index >= 15 is 0 Å². The number of carbonyl (C=O) groups is 2. The number of nitrogens with one attached hydrogen (secondary N) is 1. The Morgan fingerprint density at radius 2 is 1.79 bits per heavy atom. The van der Waals surface area contributed by atoms with Crippen LogP contribution in [-0.4, -0.2) is 63.9 Å². The summed E-state index contributed by atoms with van der Waals surface area (Å²) >= 11 is 1.20. The summed E-state index contributed by atoms with van der Waals surface area (Å²) in [6.45, 7) is 1.64. The molecule has 10 heteroatoms. The summed E-state index contributed by atoms with van der Waals surface area (Å²) in [6.07, 6.45) is 0.137. The lowest BCUT2D eigenvalue weighted by Gasteiger charge is -2.33. The lowest BCUT2D eigenvalue weighted by Crippen LogP contribution is -3.19. The Labute approximate surface area is 173 Å². The summed E-state index contributed by atoms with van der Waals surface area (Å²) in [5.41, 5.74) is 0.529. The van der Waals surface area contributed by atoms with Gasteiger partial charge in [0.1, 0.15) is 9.96 Å². The van der Waals surface area contributed by atoms with Crippen molar-refractivity contribution < 1.29 is 27.6 Å². The van der Waals surface area contributed by atoms with E-state index in [1.54, 1.807) is 48.9 Å². The lowest BCUT2D eigenvalue weighted by molar-refractivity contribution is -0.918. The molecule has 3 heterocycles. The largest absolute Gasteiger partial charge is 0.497 e. The molecule has 1 aromatic carbocycles. The minimum Gasteiger partial charge on any atom is -0.497 e. The van der Waals surface area contributed by atoms with Crippen LogP contribution in [0.1, 0.15) is 6.42 Å². The zero-order valence-electron chi connectivity index (χ0n) is 15.9. The molecule has 2 aromatic rings. The van der Waals surface area contributed by atoms with Crippen molar-refractivity contribution in [2.24, 2.45) is 0 Å². The Hall–Kier alpha value is -2.27. The molecular formula is C19H22N3O5S2+. The molecule has 1 N–H and O–H groups in total. The average Bonchev–Trinajstić information content (AvgIpc) is 3.37. The Balaban J connectivity index is 1.44. The van der Waals surface area contributed by atoms with Gasteiger partial charge in [-0.1, -0.05) is 6.07 Å². The van der Waals surface area contributed by atoms with Crippen LogP contribution < -0.4 is 14.5 Å². The highest BCUT2D eigenvalue weighted by Gasteiger charge is 2.47. The monoisotopic (exact) mass is 436 g/mol. The smallest absolute Gasteiger partial charge is 0.292 e. The lowest BCUT2D eigenvalue weighted by atomic mass is 10.2. The second kappa shape index (κ2) is 7.86. The van der Waals surface area contributed by atoms with Crippen LogP contribution in [0.3, 0.4) is 0 Å². The van der Waals surface area contributed by atoms with Crippen LogP contribution in [0.5, 0.6) is 5.75 Å².